The molecule has 0 aromatic heterocycles. The molecular weight excluding hydrogens is 375 g/mol. The number of urea groups is 1. The van der Waals surface area contributed by atoms with Gasteiger partial charge in [-0.1, -0.05) is 60.7 Å². The number of hydrogen-bond donors (Lipinski definition) is 2. The number of halogens is 3. The van der Waals surface area contributed by atoms with Gasteiger partial charge in [0.2, 0.25) is 5.91 Å². The molecule has 6 nitrogen and oxygen atoms in total. The Labute approximate surface area is 158 Å². The average molecular weight is 391 g/mol. The summed E-state index contributed by atoms with van der Waals surface area (Å²) in [5, 5.41) is 3.31. The fourth-order valence-electron chi connectivity index (χ4n) is 2.87. The van der Waals surface area contributed by atoms with E-state index in [1.807, 2.05) is 0 Å². The van der Waals surface area contributed by atoms with Crippen LogP contribution in [0.25, 0.3) is 0 Å². The number of imide groups is 1. The zero-order valence-electron chi connectivity index (χ0n) is 14.5. The molecule has 1 fully saturated rings. The van der Waals surface area contributed by atoms with Crippen molar-refractivity contribution >= 4 is 17.8 Å². The molecule has 0 aliphatic carbocycles. The average Bonchev–Trinajstić information content (AvgIpc) is 2.88. The van der Waals surface area contributed by atoms with E-state index in [-0.39, 0.29) is 13.0 Å². The van der Waals surface area contributed by atoms with Crippen molar-refractivity contribution in [2.24, 2.45) is 0 Å². The number of amides is 4. The van der Waals surface area contributed by atoms with Gasteiger partial charge in [-0.05, 0) is 11.1 Å². The van der Waals surface area contributed by atoms with Gasteiger partial charge in [0.15, 0.2) is 0 Å². The molecule has 3 rings (SSSR count). The zero-order chi connectivity index (χ0) is 20.4. The second-order valence-corrected chi connectivity index (χ2v) is 6.27. The molecule has 28 heavy (non-hydrogen) atoms. The fourth-order valence-corrected chi connectivity index (χ4v) is 2.87. The van der Waals surface area contributed by atoms with Crippen molar-refractivity contribution < 1.29 is 27.6 Å². The first kappa shape index (κ1) is 19.4. The molecule has 2 aromatic rings. The fraction of sp³-hybridized carbons (Fsp3) is 0.211. The Morgan fingerprint density at radius 3 is 2.04 bits per heavy atom. The molecule has 0 radical (unpaired) electrons. The van der Waals surface area contributed by atoms with Gasteiger partial charge >= 0.3 is 12.2 Å². The van der Waals surface area contributed by atoms with Gasteiger partial charge in [0.25, 0.3) is 11.6 Å². The normalized spacial score (nSPS) is 19.5. The maximum absolute atomic E-state index is 13.8. The van der Waals surface area contributed by atoms with Crippen LogP contribution in [0, 0.1) is 0 Å². The summed E-state index contributed by atoms with van der Waals surface area (Å²) in [6.07, 6.45) is -5.60. The summed E-state index contributed by atoms with van der Waals surface area (Å²) >= 11 is 0. The van der Waals surface area contributed by atoms with Crippen LogP contribution >= 0.6 is 0 Å². The quantitative estimate of drug-likeness (QED) is 0.768. The van der Waals surface area contributed by atoms with Gasteiger partial charge in [-0.3, -0.25) is 19.8 Å². The van der Waals surface area contributed by atoms with E-state index in [1.54, 1.807) is 71.3 Å². The number of benzene rings is 2. The van der Waals surface area contributed by atoms with E-state index in [1.165, 1.54) is 0 Å². The Morgan fingerprint density at radius 2 is 1.50 bits per heavy atom. The summed E-state index contributed by atoms with van der Waals surface area (Å²) in [6, 6.07) is 15.0. The molecule has 0 bridgehead atoms. The van der Waals surface area contributed by atoms with Crippen molar-refractivity contribution in [2.75, 3.05) is 0 Å². The maximum atomic E-state index is 13.8. The molecule has 146 valence electrons. The van der Waals surface area contributed by atoms with Crippen LogP contribution in [0.5, 0.6) is 0 Å². The Kier molecular flexibility index (Phi) is 5.08. The van der Waals surface area contributed by atoms with E-state index < -0.39 is 29.7 Å². The molecular formula is C19H16F3N3O3. The molecule has 0 unspecified atom stereocenters. The molecule has 9 heteroatoms. The lowest BCUT2D eigenvalue weighted by atomic mass is 10.1. The lowest BCUT2D eigenvalue weighted by Crippen LogP contribution is -2.69. The minimum absolute atomic E-state index is 0.349. The van der Waals surface area contributed by atoms with Gasteiger partial charge in [-0.15, -0.1) is 0 Å². The molecule has 2 N–H and O–H groups in total. The van der Waals surface area contributed by atoms with Crippen molar-refractivity contribution in [1.82, 2.24) is 15.5 Å². The van der Waals surface area contributed by atoms with Crippen molar-refractivity contribution in [2.45, 2.75) is 24.8 Å². The molecule has 0 saturated carbocycles. The Balaban J connectivity index is 1.84. The van der Waals surface area contributed by atoms with Gasteiger partial charge in [0.05, 0.1) is 13.0 Å². The minimum atomic E-state index is -5.22. The number of nitrogens with zero attached hydrogens (tertiary/aromatic N) is 1. The predicted molar refractivity (Wildman–Crippen MR) is 92.6 cm³/mol. The molecule has 2 aromatic carbocycles. The highest BCUT2D eigenvalue weighted by molar-refractivity contribution is 6.08. The van der Waals surface area contributed by atoms with Crippen molar-refractivity contribution in [3.8, 4) is 0 Å². The highest BCUT2D eigenvalue weighted by Crippen LogP contribution is 2.34. The molecule has 0 spiro atoms. The van der Waals surface area contributed by atoms with Gasteiger partial charge in [-0.2, -0.15) is 13.2 Å². The van der Waals surface area contributed by atoms with Crippen molar-refractivity contribution in [3.63, 3.8) is 0 Å². The first-order valence-electron chi connectivity index (χ1n) is 8.32. The van der Waals surface area contributed by atoms with Gasteiger partial charge in [-0.25, -0.2) is 4.79 Å². The molecule has 1 aliphatic rings. The van der Waals surface area contributed by atoms with Gasteiger partial charge in [0.1, 0.15) is 0 Å². The predicted octanol–water partition coefficient (Wildman–Crippen LogP) is 2.36. The molecule has 1 atom stereocenters. The number of carbonyl (C=O) groups excluding carboxylic acids is 3. The summed E-state index contributed by atoms with van der Waals surface area (Å²) in [5.41, 5.74) is -2.56. The van der Waals surface area contributed by atoms with Crippen LogP contribution in [-0.4, -0.2) is 34.6 Å². The molecule has 4 amide bonds. The van der Waals surface area contributed by atoms with Crippen LogP contribution in [0.3, 0.4) is 0 Å². The first-order valence-corrected chi connectivity index (χ1v) is 8.32. The first-order chi connectivity index (χ1) is 13.2. The lowest BCUT2D eigenvalue weighted by Gasteiger charge is -2.30. The van der Waals surface area contributed by atoms with Crippen molar-refractivity contribution in [1.29, 1.82) is 0 Å². The summed E-state index contributed by atoms with van der Waals surface area (Å²) in [6.45, 7) is -0.349. The van der Waals surface area contributed by atoms with E-state index in [0.717, 1.165) is 0 Å². The van der Waals surface area contributed by atoms with E-state index in [4.69, 9.17) is 0 Å². The van der Waals surface area contributed by atoms with Crippen LogP contribution in [0.15, 0.2) is 60.7 Å². The summed E-state index contributed by atoms with van der Waals surface area (Å²) < 4.78 is 41.3. The largest absolute Gasteiger partial charge is 0.440 e. The van der Waals surface area contributed by atoms with Crippen molar-refractivity contribution in [3.05, 3.63) is 71.8 Å². The molecule has 1 saturated heterocycles. The third kappa shape index (κ3) is 3.68. The number of carbonyl (C=O) groups is 3. The summed E-state index contributed by atoms with van der Waals surface area (Å²) in [4.78, 5) is 37.4. The standard InChI is InChI=1S/C19H16F3N3O3/c20-19(21,22)18(23-15(26)11-13-7-3-1-4-8-13)16(27)25(17(28)24-18)12-14-9-5-2-6-10-14/h1-10H,11-12H2,(H,23,26)(H,24,28)/t18-/m1/s1. The number of nitrogens with one attached hydrogen (secondary N) is 2. The van der Waals surface area contributed by atoms with Crippen LogP contribution in [-0.2, 0) is 22.6 Å². The highest BCUT2D eigenvalue weighted by atomic mass is 19.4. The number of hydrogen-bond acceptors (Lipinski definition) is 3. The van der Waals surface area contributed by atoms with Crippen LogP contribution in [0.1, 0.15) is 11.1 Å². The highest BCUT2D eigenvalue weighted by Gasteiger charge is 2.68. The third-order valence-electron chi connectivity index (χ3n) is 4.25. The number of alkyl halides is 3. The van der Waals surface area contributed by atoms with Crippen LogP contribution < -0.4 is 10.6 Å². The molecule has 1 heterocycles. The summed E-state index contributed by atoms with van der Waals surface area (Å²) in [7, 11) is 0. The smallest absolute Gasteiger partial charge is 0.318 e. The van der Waals surface area contributed by atoms with Crippen LogP contribution in [0.2, 0.25) is 0 Å². The SMILES string of the molecule is O=C(Cc1ccccc1)N[C@@]1(C(F)(F)F)NC(=O)N(Cc2ccccc2)C1=O. The van der Waals surface area contributed by atoms with E-state index in [0.29, 0.717) is 16.0 Å². The number of rotatable bonds is 5. The van der Waals surface area contributed by atoms with Crippen LogP contribution in [0.4, 0.5) is 18.0 Å². The Bertz CT molecular complexity index is 888. The lowest BCUT2D eigenvalue weighted by molar-refractivity contribution is -0.204. The van der Waals surface area contributed by atoms with Gasteiger partial charge < -0.3 is 5.32 Å². The molecule has 1 aliphatic heterocycles. The maximum Gasteiger partial charge on any atom is 0.440 e. The Hall–Kier alpha value is -3.36. The van der Waals surface area contributed by atoms with E-state index >= 15 is 0 Å². The van der Waals surface area contributed by atoms with E-state index in [9.17, 15) is 27.6 Å². The second kappa shape index (κ2) is 7.34. The topological polar surface area (TPSA) is 78.5 Å². The Morgan fingerprint density at radius 1 is 0.964 bits per heavy atom. The van der Waals surface area contributed by atoms with Gasteiger partial charge in [0, 0.05) is 0 Å². The minimum Gasteiger partial charge on any atom is -0.318 e. The van der Waals surface area contributed by atoms with E-state index in [2.05, 4.69) is 0 Å². The second-order valence-electron chi connectivity index (χ2n) is 6.27. The zero-order valence-corrected chi connectivity index (χ0v) is 14.5. The third-order valence-corrected chi connectivity index (χ3v) is 4.25. The monoisotopic (exact) mass is 391 g/mol. The summed E-state index contributed by atoms with van der Waals surface area (Å²) in [5.74, 6) is -2.62.